The molecule has 33 heavy (non-hydrogen) atoms. The zero-order valence-electron chi connectivity index (χ0n) is 20.3. The Hall–Kier alpha value is -2.72. The average Bonchev–Trinajstić information content (AvgIpc) is 3.40. The maximum atomic E-state index is 11.5. The van der Waals surface area contributed by atoms with E-state index in [-0.39, 0.29) is 17.2 Å². The highest BCUT2D eigenvalue weighted by molar-refractivity contribution is 6.74. The molecule has 1 aliphatic rings. The van der Waals surface area contributed by atoms with E-state index in [0.29, 0.717) is 5.82 Å². The van der Waals surface area contributed by atoms with Crippen LogP contribution in [0.3, 0.4) is 0 Å². The van der Waals surface area contributed by atoms with E-state index in [0.717, 1.165) is 52.7 Å². The Morgan fingerprint density at radius 2 is 1.94 bits per heavy atom. The Bertz CT molecular complexity index is 1130. The lowest BCUT2D eigenvalue weighted by molar-refractivity contribution is 0.116. The van der Waals surface area contributed by atoms with Crippen LogP contribution in [0.15, 0.2) is 24.7 Å². The van der Waals surface area contributed by atoms with E-state index in [1.54, 1.807) is 12.4 Å². The van der Waals surface area contributed by atoms with E-state index in [1.165, 1.54) is 7.05 Å². The van der Waals surface area contributed by atoms with E-state index >= 15 is 0 Å². The molecule has 0 saturated heterocycles. The molecule has 1 aliphatic carbocycles. The van der Waals surface area contributed by atoms with Crippen LogP contribution in [0, 0.1) is 0 Å². The van der Waals surface area contributed by atoms with Crippen molar-refractivity contribution in [1.82, 2.24) is 25.0 Å². The number of H-pyrrole nitrogens is 1. The Labute approximate surface area is 195 Å². The lowest BCUT2D eigenvalue weighted by Gasteiger charge is -2.41. The zero-order chi connectivity index (χ0) is 24.0. The Morgan fingerprint density at radius 3 is 2.52 bits per heavy atom. The fourth-order valence-corrected chi connectivity index (χ4v) is 5.60. The number of rotatable bonds is 5. The maximum absolute atomic E-state index is 11.5. The number of hydrogen-bond acceptors (Lipinski definition) is 5. The monoisotopic (exact) mass is 470 g/mol. The second-order valence-electron chi connectivity index (χ2n) is 10.5. The molecule has 3 heterocycles. The molecule has 1 amide bonds. The van der Waals surface area contributed by atoms with Crippen molar-refractivity contribution in [2.24, 2.45) is 0 Å². The van der Waals surface area contributed by atoms with Crippen molar-refractivity contribution >= 4 is 31.1 Å². The molecular formula is C23H34N6O3Si. The molecule has 10 heteroatoms. The molecule has 0 atom stereocenters. The SMILES string of the molecule is CN(C(=O)O)c1cc2c(cn1)c(-c1cn[nH]c1)nn2C1CCC(O[Si](C)(C)C(C)(C)C)CC1. The number of hydrogen-bond donors (Lipinski definition) is 2. The van der Waals surface area contributed by atoms with E-state index in [1.807, 2.05) is 12.3 Å². The number of pyridine rings is 1. The summed E-state index contributed by atoms with van der Waals surface area (Å²) in [5.74, 6) is 0.379. The smallest absolute Gasteiger partial charge is 0.412 e. The van der Waals surface area contributed by atoms with Gasteiger partial charge in [0.25, 0.3) is 0 Å². The van der Waals surface area contributed by atoms with Crippen LogP contribution in [0.4, 0.5) is 10.6 Å². The van der Waals surface area contributed by atoms with E-state index in [2.05, 4.69) is 53.7 Å². The molecule has 0 aliphatic heterocycles. The van der Waals surface area contributed by atoms with E-state index < -0.39 is 14.4 Å². The second-order valence-corrected chi connectivity index (χ2v) is 15.2. The van der Waals surface area contributed by atoms with Crippen LogP contribution in [0.1, 0.15) is 52.5 Å². The first-order chi connectivity index (χ1) is 15.5. The number of aromatic amines is 1. The van der Waals surface area contributed by atoms with Gasteiger partial charge in [0.1, 0.15) is 11.5 Å². The molecule has 1 fully saturated rings. The number of amides is 1. The van der Waals surface area contributed by atoms with Crippen LogP contribution in [0.25, 0.3) is 22.2 Å². The molecule has 2 N–H and O–H groups in total. The molecular weight excluding hydrogens is 436 g/mol. The van der Waals surface area contributed by atoms with Crippen LogP contribution in [-0.4, -0.2) is 57.6 Å². The summed E-state index contributed by atoms with van der Waals surface area (Å²) >= 11 is 0. The first-order valence-corrected chi connectivity index (χ1v) is 14.4. The van der Waals surface area contributed by atoms with Gasteiger partial charge in [0, 0.05) is 42.6 Å². The number of carbonyl (C=O) groups is 1. The first kappa shape index (κ1) is 23.4. The third-order valence-electron chi connectivity index (χ3n) is 7.24. The van der Waals surface area contributed by atoms with Gasteiger partial charge in [-0.1, -0.05) is 20.8 Å². The standard InChI is InChI=1S/C23H34N6O3Si/c1-23(2,3)33(5,6)32-17-9-7-16(8-10-17)29-19-11-20(28(4)22(30)31)24-14-18(19)21(27-29)15-12-25-26-13-15/h11-14,16-17H,7-10H2,1-6H3,(H,25,26)(H,30,31). The molecule has 3 aromatic heterocycles. The largest absolute Gasteiger partial charge is 0.465 e. The molecule has 0 radical (unpaired) electrons. The minimum Gasteiger partial charge on any atom is -0.465 e. The summed E-state index contributed by atoms with van der Waals surface area (Å²) in [6.07, 6.45) is 8.42. The number of nitrogens with zero attached hydrogens (tertiary/aromatic N) is 5. The van der Waals surface area contributed by atoms with Crippen LogP contribution < -0.4 is 4.90 Å². The molecule has 9 nitrogen and oxygen atoms in total. The number of anilines is 1. The lowest BCUT2D eigenvalue weighted by Crippen LogP contribution is -2.44. The van der Waals surface area contributed by atoms with Gasteiger partial charge in [0.15, 0.2) is 8.32 Å². The summed E-state index contributed by atoms with van der Waals surface area (Å²) in [7, 11) is -0.305. The molecule has 0 aromatic carbocycles. The van der Waals surface area contributed by atoms with Crippen LogP contribution in [0.2, 0.25) is 18.1 Å². The fourth-order valence-electron chi connectivity index (χ4n) is 4.18. The number of carboxylic acid groups (broad SMARTS) is 1. The lowest BCUT2D eigenvalue weighted by atomic mass is 9.93. The summed E-state index contributed by atoms with van der Waals surface area (Å²) in [6, 6.07) is 2.04. The van der Waals surface area contributed by atoms with Gasteiger partial charge in [-0.25, -0.2) is 9.78 Å². The molecule has 0 unspecified atom stereocenters. The number of fused-ring (bicyclic) bond motifs is 1. The highest BCUT2D eigenvalue weighted by atomic mass is 28.4. The van der Waals surface area contributed by atoms with Gasteiger partial charge in [0.05, 0.1) is 17.8 Å². The van der Waals surface area contributed by atoms with Gasteiger partial charge in [-0.2, -0.15) is 10.2 Å². The highest BCUT2D eigenvalue weighted by Gasteiger charge is 2.40. The maximum Gasteiger partial charge on any atom is 0.412 e. The summed E-state index contributed by atoms with van der Waals surface area (Å²) < 4.78 is 8.73. The van der Waals surface area contributed by atoms with E-state index in [4.69, 9.17) is 9.52 Å². The Balaban J connectivity index is 1.63. The summed E-state index contributed by atoms with van der Waals surface area (Å²) in [5.41, 5.74) is 2.57. The highest BCUT2D eigenvalue weighted by Crippen LogP contribution is 2.41. The Kier molecular flexibility index (Phi) is 6.08. The van der Waals surface area contributed by atoms with Crippen molar-refractivity contribution in [3.63, 3.8) is 0 Å². The normalized spacial score (nSPS) is 19.7. The van der Waals surface area contributed by atoms with E-state index in [9.17, 15) is 9.90 Å². The van der Waals surface area contributed by atoms with Crippen LogP contribution in [0.5, 0.6) is 0 Å². The van der Waals surface area contributed by atoms with Gasteiger partial charge in [0.2, 0.25) is 0 Å². The number of aromatic nitrogens is 5. The molecule has 3 aromatic rings. The van der Waals surface area contributed by atoms with Gasteiger partial charge in [-0.15, -0.1) is 0 Å². The first-order valence-electron chi connectivity index (χ1n) is 11.5. The fraction of sp³-hybridized carbons (Fsp3) is 0.565. The second kappa shape index (κ2) is 8.57. The minimum absolute atomic E-state index is 0.196. The zero-order valence-corrected chi connectivity index (χ0v) is 21.3. The van der Waals surface area contributed by atoms with Crippen molar-refractivity contribution < 1.29 is 14.3 Å². The summed E-state index contributed by atoms with van der Waals surface area (Å²) in [5, 5.41) is 22.4. The van der Waals surface area contributed by atoms with Crippen molar-refractivity contribution in [2.45, 2.75) is 76.7 Å². The molecule has 0 spiro atoms. The minimum atomic E-state index is -1.80. The quantitative estimate of drug-likeness (QED) is 0.481. The van der Waals surface area contributed by atoms with Crippen molar-refractivity contribution in [3.05, 3.63) is 24.7 Å². The third-order valence-corrected chi connectivity index (χ3v) is 11.8. The predicted octanol–water partition coefficient (Wildman–Crippen LogP) is 5.44. The van der Waals surface area contributed by atoms with Crippen LogP contribution in [-0.2, 0) is 4.43 Å². The van der Waals surface area contributed by atoms with Crippen molar-refractivity contribution in [1.29, 1.82) is 0 Å². The van der Waals surface area contributed by atoms with Crippen molar-refractivity contribution in [3.8, 4) is 11.3 Å². The topological polar surface area (TPSA) is 109 Å². The summed E-state index contributed by atoms with van der Waals surface area (Å²) in [4.78, 5) is 17.0. The Morgan fingerprint density at radius 1 is 1.24 bits per heavy atom. The van der Waals surface area contributed by atoms with Gasteiger partial charge in [-0.05, 0) is 43.8 Å². The molecule has 178 valence electrons. The average molecular weight is 471 g/mol. The third kappa shape index (κ3) is 4.54. The molecule has 0 bridgehead atoms. The van der Waals surface area contributed by atoms with Crippen molar-refractivity contribution in [2.75, 3.05) is 11.9 Å². The predicted molar refractivity (Wildman–Crippen MR) is 131 cm³/mol. The van der Waals surface area contributed by atoms with Gasteiger partial charge in [-0.3, -0.25) is 14.7 Å². The molecule has 1 saturated carbocycles. The molecule has 4 rings (SSSR count). The van der Waals surface area contributed by atoms with Crippen LogP contribution >= 0.6 is 0 Å². The van der Waals surface area contributed by atoms with Gasteiger partial charge >= 0.3 is 6.09 Å². The van der Waals surface area contributed by atoms with Gasteiger partial charge < -0.3 is 9.53 Å². The number of nitrogens with one attached hydrogen (secondary N) is 1. The summed E-state index contributed by atoms with van der Waals surface area (Å²) in [6.45, 7) is 11.4.